The molecular formula is C30H29ClF4O3. The third-order valence-electron chi connectivity index (χ3n) is 6.83. The van der Waals surface area contributed by atoms with Crippen molar-refractivity contribution >= 4 is 23.3 Å². The molecule has 0 spiro atoms. The molecule has 3 aromatic rings. The van der Waals surface area contributed by atoms with Crippen molar-refractivity contribution in [2.75, 3.05) is 0 Å². The molecule has 0 aliphatic rings. The molecule has 3 rings (SSSR count). The van der Waals surface area contributed by atoms with Crippen LogP contribution < -0.4 is 4.74 Å². The molecule has 0 aliphatic carbocycles. The predicted octanol–water partition coefficient (Wildman–Crippen LogP) is 9.08. The minimum atomic E-state index is -4.65. The zero-order valence-corrected chi connectivity index (χ0v) is 21.9. The van der Waals surface area contributed by atoms with Gasteiger partial charge in [-0.3, -0.25) is 0 Å². The van der Waals surface area contributed by atoms with E-state index >= 15 is 0 Å². The number of para-hydroxylation sites is 1. The Labute approximate surface area is 224 Å². The molecule has 8 heteroatoms. The lowest BCUT2D eigenvalue weighted by atomic mass is 9.81. The highest BCUT2D eigenvalue weighted by Crippen LogP contribution is 2.42. The second kappa shape index (κ2) is 12.5. The van der Waals surface area contributed by atoms with Crippen LogP contribution in [0.25, 0.3) is 5.76 Å². The second-order valence-electron chi connectivity index (χ2n) is 9.30. The van der Waals surface area contributed by atoms with Crippen LogP contribution in [0.5, 0.6) is 5.75 Å². The van der Waals surface area contributed by atoms with Crippen molar-refractivity contribution in [1.29, 1.82) is 0 Å². The summed E-state index contributed by atoms with van der Waals surface area (Å²) >= 11 is 6.06. The summed E-state index contributed by atoms with van der Waals surface area (Å²) in [7, 11) is 0. The van der Waals surface area contributed by atoms with E-state index in [1.165, 1.54) is 24.3 Å². The standard InChI is InChI=1S/C30H29ClF4O3/c1-4-18(2)21(14-12-20-13-15-23(29(36)37)17-27(20)32)16-22-8-5-6-9-24(22)19(3)38-28-25(30(33,34)35)10-7-11-26(28)31/h5-11,13,15,17-18,21H,3-4,12,14,16H2,1-2H3,(H,36,37). The van der Waals surface area contributed by atoms with Gasteiger partial charge < -0.3 is 9.84 Å². The van der Waals surface area contributed by atoms with E-state index in [2.05, 4.69) is 20.4 Å². The fraction of sp³-hybridized carbons (Fsp3) is 0.300. The number of alkyl halides is 3. The monoisotopic (exact) mass is 548 g/mol. The lowest BCUT2D eigenvalue weighted by Gasteiger charge is -2.25. The van der Waals surface area contributed by atoms with Gasteiger partial charge in [0.25, 0.3) is 0 Å². The Kier molecular flexibility index (Phi) is 9.60. The summed E-state index contributed by atoms with van der Waals surface area (Å²) in [4.78, 5) is 11.1. The smallest absolute Gasteiger partial charge is 0.420 e. The molecule has 202 valence electrons. The fourth-order valence-electron chi connectivity index (χ4n) is 4.41. The molecule has 0 amide bonds. The first kappa shape index (κ1) is 29.2. The summed E-state index contributed by atoms with van der Waals surface area (Å²) < 4.78 is 60.8. The number of ether oxygens (including phenoxy) is 1. The zero-order chi connectivity index (χ0) is 28.0. The number of carboxylic acids is 1. The number of halogens is 5. The van der Waals surface area contributed by atoms with Gasteiger partial charge in [0.05, 0.1) is 16.1 Å². The summed E-state index contributed by atoms with van der Waals surface area (Å²) in [6, 6.07) is 14.5. The van der Waals surface area contributed by atoms with Gasteiger partial charge in [0.2, 0.25) is 0 Å². The normalized spacial score (nSPS) is 13.1. The van der Waals surface area contributed by atoms with Gasteiger partial charge in [-0.25, -0.2) is 9.18 Å². The maximum Gasteiger partial charge on any atom is 0.420 e. The van der Waals surface area contributed by atoms with E-state index in [-0.39, 0.29) is 28.2 Å². The van der Waals surface area contributed by atoms with E-state index in [0.717, 1.165) is 24.1 Å². The number of aromatic carboxylic acids is 1. The predicted molar refractivity (Wildman–Crippen MR) is 141 cm³/mol. The van der Waals surface area contributed by atoms with Crippen molar-refractivity contribution < 1.29 is 32.2 Å². The zero-order valence-electron chi connectivity index (χ0n) is 21.1. The average Bonchev–Trinajstić information content (AvgIpc) is 2.87. The van der Waals surface area contributed by atoms with Crippen LogP contribution in [0.4, 0.5) is 17.6 Å². The van der Waals surface area contributed by atoms with Crippen molar-refractivity contribution in [3.05, 3.63) is 106 Å². The van der Waals surface area contributed by atoms with Crippen molar-refractivity contribution in [2.24, 2.45) is 11.8 Å². The number of rotatable bonds is 11. The van der Waals surface area contributed by atoms with Gasteiger partial charge in [0.1, 0.15) is 11.6 Å². The first-order valence-electron chi connectivity index (χ1n) is 12.2. The molecule has 3 aromatic carbocycles. The van der Waals surface area contributed by atoms with Crippen LogP contribution >= 0.6 is 11.6 Å². The van der Waals surface area contributed by atoms with E-state index in [1.807, 2.05) is 12.1 Å². The van der Waals surface area contributed by atoms with Crippen LogP contribution in [0, 0.1) is 17.7 Å². The van der Waals surface area contributed by atoms with Gasteiger partial charge in [-0.15, -0.1) is 0 Å². The maximum absolute atomic E-state index is 14.5. The van der Waals surface area contributed by atoms with Crippen molar-refractivity contribution in [3.63, 3.8) is 0 Å². The minimum Gasteiger partial charge on any atom is -0.478 e. The molecule has 0 aromatic heterocycles. The van der Waals surface area contributed by atoms with Gasteiger partial charge in [0, 0.05) is 5.56 Å². The summed E-state index contributed by atoms with van der Waals surface area (Å²) in [6.45, 7) is 8.06. The van der Waals surface area contributed by atoms with Gasteiger partial charge in [-0.05, 0) is 66.5 Å². The van der Waals surface area contributed by atoms with Gasteiger partial charge in [0.15, 0.2) is 5.75 Å². The van der Waals surface area contributed by atoms with E-state index in [1.54, 1.807) is 12.1 Å². The number of carboxylic acid groups (broad SMARTS) is 1. The van der Waals surface area contributed by atoms with Crippen LogP contribution in [0.3, 0.4) is 0 Å². The molecule has 0 fully saturated rings. The first-order valence-corrected chi connectivity index (χ1v) is 12.6. The lowest BCUT2D eigenvalue weighted by Crippen LogP contribution is -2.17. The second-order valence-corrected chi connectivity index (χ2v) is 9.70. The largest absolute Gasteiger partial charge is 0.478 e. The Hall–Kier alpha value is -3.32. The number of hydrogen-bond acceptors (Lipinski definition) is 2. The minimum absolute atomic E-state index is 0.0393. The van der Waals surface area contributed by atoms with Crippen LogP contribution in [-0.4, -0.2) is 11.1 Å². The molecule has 0 radical (unpaired) electrons. The number of carbonyl (C=O) groups is 1. The average molecular weight is 549 g/mol. The van der Waals surface area contributed by atoms with Crippen LogP contribution in [0.2, 0.25) is 5.02 Å². The van der Waals surface area contributed by atoms with Crippen molar-refractivity contribution in [1.82, 2.24) is 0 Å². The van der Waals surface area contributed by atoms with Gasteiger partial charge >= 0.3 is 12.1 Å². The maximum atomic E-state index is 14.5. The topological polar surface area (TPSA) is 46.5 Å². The molecule has 0 saturated carbocycles. The Morgan fingerprint density at radius 1 is 1.08 bits per heavy atom. The molecule has 38 heavy (non-hydrogen) atoms. The summed E-state index contributed by atoms with van der Waals surface area (Å²) in [6.07, 6.45) is -2.17. The molecule has 2 atom stereocenters. The quantitative estimate of drug-likeness (QED) is 0.192. The van der Waals surface area contributed by atoms with E-state index in [9.17, 15) is 22.4 Å². The molecule has 0 aliphatic heterocycles. The summed E-state index contributed by atoms with van der Waals surface area (Å²) in [5.41, 5.74) is 0.736. The Morgan fingerprint density at radius 2 is 1.79 bits per heavy atom. The van der Waals surface area contributed by atoms with E-state index in [4.69, 9.17) is 21.4 Å². The number of aryl methyl sites for hydroxylation is 1. The molecule has 1 N–H and O–H groups in total. The van der Waals surface area contributed by atoms with Crippen LogP contribution in [-0.2, 0) is 19.0 Å². The van der Waals surface area contributed by atoms with Gasteiger partial charge in [-0.2, -0.15) is 13.2 Å². The molecule has 2 unspecified atom stereocenters. The number of benzene rings is 3. The summed E-state index contributed by atoms with van der Waals surface area (Å²) in [5.74, 6) is -1.84. The molecule has 0 bridgehead atoms. The highest BCUT2D eigenvalue weighted by molar-refractivity contribution is 6.32. The SMILES string of the molecule is C=C(Oc1c(Cl)cccc1C(F)(F)F)c1ccccc1CC(CCc1ccc(C(=O)O)cc1F)C(C)CC. The third-order valence-corrected chi connectivity index (χ3v) is 7.13. The van der Waals surface area contributed by atoms with E-state index in [0.29, 0.717) is 30.4 Å². The van der Waals surface area contributed by atoms with Crippen molar-refractivity contribution in [2.45, 2.75) is 45.7 Å². The lowest BCUT2D eigenvalue weighted by molar-refractivity contribution is -0.138. The third kappa shape index (κ3) is 7.16. The Balaban J connectivity index is 1.84. The highest BCUT2D eigenvalue weighted by atomic mass is 35.5. The molecule has 0 saturated heterocycles. The highest BCUT2D eigenvalue weighted by Gasteiger charge is 2.35. The molecule has 0 heterocycles. The number of hydrogen-bond donors (Lipinski definition) is 1. The first-order chi connectivity index (χ1) is 17.9. The fourth-order valence-corrected chi connectivity index (χ4v) is 4.62. The molecule has 3 nitrogen and oxygen atoms in total. The van der Waals surface area contributed by atoms with Gasteiger partial charge in [-0.1, -0.05) is 74.8 Å². The van der Waals surface area contributed by atoms with Crippen LogP contribution in [0.1, 0.15) is 59.3 Å². The Bertz CT molecular complexity index is 1300. The van der Waals surface area contributed by atoms with E-state index < -0.39 is 29.3 Å². The van der Waals surface area contributed by atoms with Crippen LogP contribution in [0.15, 0.2) is 67.2 Å². The molecular weight excluding hydrogens is 520 g/mol. The Morgan fingerprint density at radius 3 is 2.42 bits per heavy atom. The summed E-state index contributed by atoms with van der Waals surface area (Å²) in [5, 5.41) is 8.90. The van der Waals surface area contributed by atoms with Crippen molar-refractivity contribution in [3.8, 4) is 5.75 Å².